The van der Waals surface area contributed by atoms with Gasteiger partial charge in [0.25, 0.3) is 0 Å². The van der Waals surface area contributed by atoms with Gasteiger partial charge in [0.15, 0.2) is 0 Å². The molecule has 1 aromatic carbocycles. The van der Waals surface area contributed by atoms with Crippen molar-refractivity contribution in [2.45, 2.75) is 19.8 Å². The van der Waals surface area contributed by atoms with Crippen LogP contribution in [0.5, 0.6) is 0 Å². The third-order valence-electron chi connectivity index (χ3n) is 3.39. The average Bonchev–Trinajstić information content (AvgIpc) is 2.73. The molecule has 0 heterocycles. The number of hydrogen-bond acceptors (Lipinski definition) is 1. The molecule has 2 nitrogen and oxygen atoms in total. The Labute approximate surface area is 102 Å². The Hall–Kier alpha value is -0.900. The van der Waals surface area contributed by atoms with E-state index in [0.29, 0.717) is 5.56 Å². The van der Waals surface area contributed by atoms with Crippen molar-refractivity contribution in [3.63, 3.8) is 0 Å². The quantitative estimate of drug-likeness (QED) is 0.905. The van der Waals surface area contributed by atoms with Gasteiger partial charge in [0.05, 0.1) is 5.92 Å². The van der Waals surface area contributed by atoms with Gasteiger partial charge >= 0.3 is 5.97 Å². The fourth-order valence-electron chi connectivity index (χ4n) is 2.43. The van der Waals surface area contributed by atoms with Gasteiger partial charge in [0, 0.05) is 10.4 Å². The molecule has 1 aromatic rings. The minimum atomic E-state index is -0.852. The summed E-state index contributed by atoms with van der Waals surface area (Å²) < 4.78 is 14.4. The van der Waals surface area contributed by atoms with E-state index in [4.69, 9.17) is 5.11 Å². The van der Waals surface area contributed by atoms with Crippen molar-refractivity contribution in [2.75, 3.05) is 0 Å². The molecule has 0 unspecified atom stereocenters. The second kappa shape index (κ2) is 3.55. The zero-order chi connectivity index (χ0) is 12.1. The van der Waals surface area contributed by atoms with Crippen LogP contribution in [-0.4, -0.2) is 11.1 Å². The number of benzene rings is 1. The summed E-state index contributed by atoms with van der Waals surface area (Å²) in [5, 5.41) is 9.05. The molecule has 1 saturated carbocycles. The molecular weight excluding hydrogens is 275 g/mol. The Morgan fingerprint density at radius 1 is 1.50 bits per heavy atom. The van der Waals surface area contributed by atoms with E-state index in [-0.39, 0.29) is 17.2 Å². The van der Waals surface area contributed by atoms with Crippen LogP contribution >= 0.6 is 15.9 Å². The van der Waals surface area contributed by atoms with Crippen molar-refractivity contribution in [3.8, 4) is 0 Å². The highest BCUT2D eigenvalue weighted by molar-refractivity contribution is 9.10. The maximum absolute atomic E-state index is 13.6. The van der Waals surface area contributed by atoms with Gasteiger partial charge in [0.2, 0.25) is 0 Å². The predicted molar refractivity (Wildman–Crippen MR) is 61.7 cm³/mol. The van der Waals surface area contributed by atoms with E-state index in [1.807, 2.05) is 13.8 Å². The Kier molecular flexibility index (Phi) is 2.57. The third-order valence-corrected chi connectivity index (χ3v) is 3.88. The fourth-order valence-corrected chi connectivity index (χ4v) is 2.81. The lowest BCUT2D eigenvalue weighted by molar-refractivity contribution is -0.139. The first-order valence-corrected chi connectivity index (χ1v) is 5.82. The Balaban J connectivity index is 2.40. The summed E-state index contributed by atoms with van der Waals surface area (Å²) in [7, 11) is 0. The van der Waals surface area contributed by atoms with Gasteiger partial charge < -0.3 is 5.11 Å². The standard InChI is InChI=1S/C12H12BrFO2/c1-12(2)9(10(12)11(15)16)7-5-6(13)3-4-8(7)14/h3-5,9-10H,1-2H3,(H,15,16)/t9-,10+/m1/s1. The molecule has 1 aliphatic carbocycles. The first-order chi connectivity index (χ1) is 7.35. The van der Waals surface area contributed by atoms with Crippen LogP contribution in [0.3, 0.4) is 0 Å². The van der Waals surface area contributed by atoms with Crippen molar-refractivity contribution in [1.82, 2.24) is 0 Å². The number of hydrogen-bond donors (Lipinski definition) is 1. The first-order valence-electron chi connectivity index (χ1n) is 5.03. The van der Waals surface area contributed by atoms with Crippen molar-refractivity contribution in [3.05, 3.63) is 34.1 Å². The van der Waals surface area contributed by atoms with E-state index in [0.717, 1.165) is 4.47 Å². The zero-order valence-electron chi connectivity index (χ0n) is 9.00. The average molecular weight is 287 g/mol. The van der Waals surface area contributed by atoms with Crippen LogP contribution in [0.25, 0.3) is 0 Å². The lowest BCUT2D eigenvalue weighted by Gasteiger charge is -2.04. The number of carbonyl (C=O) groups is 1. The van der Waals surface area contributed by atoms with E-state index in [9.17, 15) is 9.18 Å². The van der Waals surface area contributed by atoms with Crippen LogP contribution in [0.15, 0.2) is 22.7 Å². The van der Waals surface area contributed by atoms with Gasteiger partial charge in [-0.05, 0) is 29.2 Å². The first kappa shape index (κ1) is 11.6. The van der Waals surface area contributed by atoms with Gasteiger partial charge in [-0.15, -0.1) is 0 Å². The molecule has 2 rings (SSSR count). The highest BCUT2D eigenvalue weighted by Gasteiger charge is 2.63. The minimum Gasteiger partial charge on any atom is -0.481 e. The molecule has 2 atom stereocenters. The lowest BCUT2D eigenvalue weighted by Crippen LogP contribution is -2.03. The van der Waals surface area contributed by atoms with Gasteiger partial charge in [-0.25, -0.2) is 4.39 Å². The molecule has 0 radical (unpaired) electrons. The van der Waals surface area contributed by atoms with E-state index >= 15 is 0 Å². The molecule has 86 valence electrons. The summed E-state index contributed by atoms with van der Waals surface area (Å²) in [5.74, 6) is -1.90. The Bertz CT molecular complexity index is 456. The molecular formula is C12H12BrFO2. The Morgan fingerprint density at radius 2 is 2.12 bits per heavy atom. The predicted octanol–water partition coefficient (Wildman–Crippen LogP) is 3.41. The van der Waals surface area contributed by atoms with Gasteiger partial charge in [0.1, 0.15) is 5.82 Å². The topological polar surface area (TPSA) is 37.3 Å². The van der Waals surface area contributed by atoms with Crippen LogP contribution in [0, 0.1) is 17.2 Å². The number of carboxylic acids is 1. The monoisotopic (exact) mass is 286 g/mol. The number of aliphatic carboxylic acids is 1. The minimum absolute atomic E-state index is 0.234. The summed E-state index contributed by atoms with van der Waals surface area (Å²) in [5.41, 5.74) is 0.125. The zero-order valence-corrected chi connectivity index (χ0v) is 10.6. The summed E-state index contributed by atoms with van der Waals surface area (Å²) >= 11 is 3.27. The van der Waals surface area contributed by atoms with E-state index in [2.05, 4.69) is 15.9 Å². The van der Waals surface area contributed by atoms with Crippen molar-refractivity contribution < 1.29 is 14.3 Å². The van der Waals surface area contributed by atoms with E-state index in [1.54, 1.807) is 12.1 Å². The summed E-state index contributed by atoms with van der Waals surface area (Å²) in [6, 6.07) is 4.65. The van der Waals surface area contributed by atoms with Gasteiger partial charge in [-0.3, -0.25) is 4.79 Å². The van der Waals surface area contributed by atoms with Crippen LogP contribution in [0.1, 0.15) is 25.3 Å². The second-order valence-electron chi connectivity index (χ2n) is 4.78. The van der Waals surface area contributed by atoms with Crippen LogP contribution in [0.4, 0.5) is 4.39 Å². The molecule has 4 heteroatoms. The molecule has 0 aromatic heterocycles. The normalized spacial score (nSPS) is 26.5. The van der Waals surface area contributed by atoms with Crippen molar-refractivity contribution >= 4 is 21.9 Å². The maximum atomic E-state index is 13.6. The number of rotatable bonds is 2. The third kappa shape index (κ3) is 1.65. The molecule has 1 N–H and O–H groups in total. The van der Waals surface area contributed by atoms with Gasteiger partial charge in [-0.1, -0.05) is 29.8 Å². The SMILES string of the molecule is CC1(C)[C@H](C(=O)O)[C@H]1c1cc(Br)ccc1F. The number of halogens is 2. The van der Waals surface area contributed by atoms with Gasteiger partial charge in [-0.2, -0.15) is 0 Å². The summed E-state index contributed by atoms with van der Waals surface area (Å²) in [4.78, 5) is 11.0. The van der Waals surface area contributed by atoms with Crippen LogP contribution in [0.2, 0.25) is 0 Å². The smallest absolute Gasteiger partial charge is 0.307 e. The largest absolute Gasteiger partial charge is 0.481 e. The molecule has 0 aliphatic heterocycles. The second-order valence-corrected chi connectivity index (χ2v) is 5.70. The lowest BCUT2D eigenvalue weighted by atomic mass is 10.0. The van der Waals surface area contributed by atoms with E-state index < -0.39 is 11.9 Å². The molecule has 1 aliphatic rings. The van der Waals surface area contributed by atoms with Crippen molar-refractivity contribution in [2.24, 2.45) is 11.3 Å². The molecule has 1 fully saturated rings. The molecule has 0 saturated heterocycles. The van der Waals surface area contributed by atoms with Crippen molar-refractivity contribution in [1.29, 1.82) is 0 Å². The molecule has 0 bridgehead atoms. The van der Waals surface area contributed by atoms with Crippen LogP contribution < -0.4 is 0 Å². The highest BCUT2D eigenvalue weighted by atomic mass is 79.9. The summed E-state index contributed by atoms with van der Waals surface area (Å²) in [6.07, 6.45) is 0. The molecule has 16 heavy (non-hydrogen) atoms. The van der Waals surface area contributed by atoms with E-state index in [1.165, 1.54) is 6.07 Å². The van der Waals surface area contributed by atoms with Crippen LogP contribution in [-0.2, 0) is 4.79 Å². The maximum Gasteiger partial charge on any atom is 0.307 e. The number of carboxylic acid groups (broad SMARTS) is 1. The highest BCUT2D eigenvalue weighted by Crippen LogP contribution is 2.64. The molecule has 0 amide bonds. The Morgan fingerprint density at radius 3 is 2.62 bits per heavy atom. The molecule has 0 spiro atoms. The summed E-state index contributed by atoms with van der Waals surface area (Å²) in [6.45, 7) is 3.72. The fraction of sp³-hybridized carbons (Fsp3) is 0.417.